The monoisotopic (exact) mass is 504 g/mol. The summed E-state index contributed by atoms with van der Waals surface area (Å²) in [5.41, 5.74) is 2.97. The zero-order valence-corrected chi connectivity index (χ0v) is 21.8. The number of hydrogen-bond acceptors (Lipinski definition) is 8. The van der Waals surface area contributed by atoms with Crippen LogP contribution in [0, 0.1) is 12.7 Å². The van der Waals surface area contributed by atoms with Crippen molar-refractivity contribution in [3.63, 3.8) is 0 Å². The Labute approximate surface area is 217 Å². The van der Waals surface area contributed by atoms with Gasteiger partial charge in [-0.15, -0.1) is 0 Å². The Morgan fingerprint density at radius 1 is 0.973 bits per heavy atom. The third kappa shape index (κ3) is 5.08. The van der Waals surface area contributed by atoms with Crippen LogP contribution in [-0.2, 0) is 4.74 Å². The van der Waals surface area contributed by atoms with Gasteiger partial charge in [-0.25, -0.2) is 19.2 Å². The number of rotatable bonds is 5. The lowest BCUT2D eigenvalue weighted by molar-refractivity contribution is 0.0594. The molecule has 2 aliphatic rings. The molecule has 0 saturated carbocycles. The zero-order valence-electron chi connectivity index (χ0n) is 21.8. The van der Waals surface area contributed by atoms with E-state index in [-0.39, 0.29) is 11.9 Å². The van der Waals surface area contributed by atoms with Gasteiger partial charge in [0.25, 0.3) is 0 Å². The largest absolute Gasteiger partial charge is 0.464 e. The van der Waals surface area contributed by atoms with E-state index >= 15 is 0 Å². The number of carbonyl (C=O) groups is 1. The summed E-state index contributed by atoms with van der Waals surface area (Å²) >= 11 is 0. The van der Waals surface area contributed by atoms with Crippen molar-refractivity contribution in [3.05, 3.63) is 59.5 Å². The Balaban J connectivity index is 1.45. The molecule has 4 heterocycles. The van der Waals surface area contributed by atoms with Crippen LogP contribution in [0.4, 0.5) is 22.0 Å². The van der Waals surface area contributed by atoms with Crippen molar-refractivity contribution in [2.45, 2.75) is 45.7 Å². The van der Waals surface area contributed by atoms with Crippen molar-refractivity contribution in [2.75, 3.05) is 48.0 Å². The van der Waals surface area contributed by atoms with Crippen molar-refractivity contribution in [2.24, 2.45) is 0 Å². The van der Waals surface area contributed by atoms with E-state index in [1.165, 1.54) is 19.2 Å². The highest BCUT2D eigenvalue weighted by Crippen LogP contribution is 2.31. The SMILES string of the molecule is COC(=O)c1ccc(C)c(N2CCN(c3cc(-c4ccc(F)cc4)nc(N4CCCC4C)n3)C(C)C2)n1. The van der Waals surface area contributed by atoms with Crippen LogP contribution in [-0.4, -0.2) is 66.3 Å². The molecule has 5 rings (SSSR count). The first-order chi connectivity index (χ1) is 17.8. The molecule has 2 aromatic heterocycles. The van der Waals surface area contributed by atoms with E-state index in [0.717, 1.165) is 73.4 Å². The second-order valence-corrected chi connectivity index (χ2v) is 9.92. The van der Waals surface area contributed by atoms with Gasteiger partial charge >= 0.3 is 5.97 Å². The maximum atomic E-state index is 13.6. The molecule has 0 aliphatic carbocycles. The van der Waals surface area contributed by atoms with E-state index in [9.17, 15) is 9.18 Å². The predicted molar refractivity (Wildman–Crippen MR) is 143 cm³/mol. The van der Waals surface area contributed by atoms with Crippen LogP contribution in [0.2, 0.25) is 0 Å². The minimum absolute atomic E-state index is 0.136. The molecule has 2 saturated heterocycles. The van der Waals surface area contributed by atoms with Crippen molar-refractivity contribution < 1.29 is 13.9 Å². The molecule has 0 N–H and O–H groups in total. The van der Waals surface area contributed by atoms with E-state index in [4.69, 9.17) is 14.7 Å². The smallest absolute Gasteiger partial charge is 0.356 e. The Morgan fingerprint density at radius 2 is 1.76 bits per heavy atom. The number of aromatic nitrogens is 3. The highest BCUT2D eigenvalue weighted by atomic mass is 19.1. The Morgan fingerprint density at radius 3 is 2.43 bits per heavy atom. The van der Waals surface area contributed by atoms with Gasteiger partial charge in [0.1, 0.15) is 17.5 Å². The molecular weight excluding hydrogens is 471 g/mol. The molecule has 37 heavy (non-hydrogen) atoms. The first kappa shape index (κ1) is 24.9. The topological polar surface area (TPSA) is 74.7 Å². The average Bonchev–Trinajstić information content (AvgIpc) is 3.34. The number of hydrogen-bond donors (Lipinski definition) is 0. The highest BCUT2D eigenvalue weighted by Gasteiger charge is 2.29. The number of piperazine rings is 1. The van der Waals surface area contributed by atoms with Crippen LogP contribution < -0.4 is 14.7 Å². The number of halogens is 1. The van der Waals surface area contributed by atoms with E-state index < -0.39 is 5.97 Å². The van der Waals surface area contributed by atoms with Gasteiger partial charge in [-0.3, -0.25) is 0 Å². The summed E-state index contributed by atoms with van der Waals surface area (Å²) in [6.07, 6.45) is 2.23. The molecule has 0 spiro atoms. The van der Waals surface area contributed by atoms with Gasteiger partial charge in [-0.2, -0.15) is 4.98 Å². The van der Waals surface area contributed by atoms with E-state index in [0.29, 0.717) is 11.7 Å². The molecule has 2 aliphatic heterocycles. The molecule has 0 radical (unpaired) electrons. The van der Waals surface area contributed by atoms with Crippen LogP contribution in [0.5, 0.6) is 0 Å². The molecule has 2 fully saturated rings. The molecule has 1 aromatic carbocycles. The van der Waals surface area contributed by atoms with E-state index in [1.54, 1.807) is 18.2 Å². The fourth-order valence-corrected chi connectivity index (χ4v) is 5.24. The maximum Gasteiger partial charge on any atom is 0.356 e. The van der Waals surface area contributed by atoms with Gasteiger partial charge in [0, 0.05) is 49.9 Å². The number of esters is 1. The van der Waals surface area contributed by atoms with Gasteiger partial charge in [-0.05, 0) is 69.5 Å². The molecule has 0 bridgehead atoms. The van der Waals surface area contributed by atoms with Crippen molar-refractivity contribution in [1.82, 2.24) is 15.0 Å². The summed E-state index contributed by atoms with van der Waals surface area (Å²) in [5.74, 6) is 1.68. The van der Waals surface area contributed by atoms with Crippen LogP contribution in [0.3, 0.4) is 0 Å². The molecule has 8 nitrogen and oxygen atoms in total. The van der Waals surface area contributed by atoms with Crippen molar-refractivity contribution >= 4 is 23.6 Å². The standard InChI is InChI=1S/C28H33FN6O2/c1-18-7-12-23(27(36)37-4)30-26(18)33-14-15-34(20(3)17-33)25-16-24(21-8-10-22(29)11-9-21)31-28(32-25)35-13-5-6-19(35)2/h7-12,16,19-20H,5-6,13-15,17H2,1-4H3. The summed E-state index contributed by atoms with van der Waals surface area (Å²) in [7, 11) is 1.36. The summed E-state index contributed by atoms with van der Waals surface area (Å²) in [6, 6.07) is 12.6. The van der Waals surface area contributed by atoms with Crippen LogP contribution >= 0.6 is 0 Å². The molecule has 3 aromatic rings. The predicted octanol–water partition coefficient (Wildman–Crippen LogP) is 4.48. The first-order valence-electron chi connectivity index (χ1n) is 12.8. The fourth-order valence-electron chi connectivity index (χ4n) is 5.24. The zero-order chi connectivity index (χ0) is 26.1. The van der Waals surface area contributed by atoms with Crippen LogP contribution in [0.1, 0.15) is 42.7 Å². The minimum atomic E-state index is -0.439. The number of aryl methyl sites for hydroxylation is 1. The summed E-state index contributed by atoms with van der Waals surface area (Å²) in [6.45, 7) is 9.50. The normalized spacial score (nSPS) is 19.9. The van der Waals surface area contributed by atoms with E-state index in [2.05, 4.69) is 33.5 Å². The molecular formula is C28H33FN6O2. The highest BCUT2D eigenvalue weighted by molar-refractivity contribution is 5.87. The maximum absolute atomic E-state index is 13.6. The number of anilines is 3. The Kier molecular flexibility index (Phi) is 6.95. The number of carbonyl (C=O) groups excluding carboxylic acids is 1. The van der Waals surface area contributed by atoms with Crippen molar-refractivity contribution in [3.8, 4) is 11.3 Å². The van der Waals surface area contributed by atoms with Gasteiger partial charge in [0.2, 0.25) is 5.95 Å². The quantitative estimate of drug-likeness (QED) is 0.471. The molecule has 2 atom stereocenters. The third-order valence-corrected chi connectivity index (χ3v) is 7.34. The fraction of sp³-hybridized carbons (Fsp3) is 0.429. The lowest BCUT2D eigenvalue weighted by Gasteiger charge is -2.41. The van der Waals surface area contributed by atoms with Crippen LogP contribution in [0.15, 0.2) is 42.5 Å². The van der Waals surface area contributed by atoms with Gasteiger partial charge in [0.15, 0.2) is 5.69 Å². The Hall–Kier alpha value is -3.75. The average molecular weight is 505 g/mol. The summed E-state index contributed by atoms with van der Waals surface area (Å²) in [4.78, 5) is 33.3. The molecule has 9 heteroatoms. The van der Waals surface area contributed by atoms with E-state index in [1.807, 2.05) is 19.1 Å². The first-order valence-corrected chi connectivity index (χ1v) is 12.8. The van der Waals surface area contributed by atoms with Crippen LogP contribution in [0.25, 0.3) is 11.3 Å². The van der Waals surface area contributed by atoms with Gasteiger partial charge < -0.3 is 19.4 Å². The molecule has 0 amide bonds. The number of methoxy groups -OCH3 is 1. The molecule has 194 valence electrons. The van der Waals surface area contributed by atoms with Crippen molar-refractivity contribution in [1.29, 1.82) is 0 Å². The second kappa shape index (κ2) is 10.3. The van der Waals surface area contributed by atoms with Gasteiger partial charge in [0.05, 0.1) is 12.8 Å². The van der Waals surface area contributed by atoms with Gasteiger partial charge in [-0.1, -0.05) is 6.07 Å². The number of nitrogens with zero attached hydrogens (tertiary/aromatic N) is 6. The minimum Gasteiger partial charge on any atom is -0.464 e. The Bertz CT molecular complexity index is 1280. The molecule has 2 unspecified atom stereocenters. The third-order valence-electron chi connectivity index (χ3n) is 7.34. The number of pyridine rings is 1. The summed E-state index contributed by atoms with van der Waals surface area (Å²) in [5, 5.41) is 0. The lowest BCUT2D eigenvalue weighted by atomic mass is 10.1. The lowest BCUT2D eigenvalue weighted by Crippen LogP contribution is -2.53. The number of benzene rings is 1. The number of ether oxygens (including phenoxy) is 1. The summed E-state index contributed by atoms with van der Waals surface area (Å²) < 4.78 is 18.5. The second-order valence-electron chi connectivity index (χ2n) is 9.92.